The lowest BCUT2D eigenvalue weighted by Crippen LogP contribution is -2.13. The normalized spacial score (nSPS) is 10.1. The summed E-state index contributed by atoms with van der Waals surface area (Å²) in [7, 11) is 0. The molecule has 0 aliphatic carbocycles. The van der Waals surface area contributed by atoms with Crippen molar-refractivity contribution >= 4 is 39.5 Å². The van der Waals surface area contributed by atoms with E-state index in [9.17, 15) is 9.59 Å². The van der Waals surface area contributed by atoms with Gasteiger partial charge in [0.1, 0.15) is 11.3 Å². The molecule has 0 fully saturated rings. The number of halogens is 2. The first-order chi connectivity index (χ1) is 10.5. The van der Waals surface area contributed by atoms with Crippen LogP contribution >= 0.6 is 27.5 Å². The third-order valence-electron chi connectivity index (χ3n) is 2.72. The average Bonchev–Trinajstić information content (AvgIpc) is 2.50. The van der Waals surface area contributed by atoms with E-state index in [-0.39, 0.29) is 17.9 Å². The maximum Gasteiger partial charge on any atom is 0.343 e. The summed E-state index contributed by atoms with van der Waals surface area (Å²) in [4.78, 5) is 24.0. The lowest BCUT2D eigenvalue weighted by molar-refractivity contribution is 0.0520. The Morgan fingerprint density at radius 2 is 1.77 bits per heavy atom. The van der Waals surface area contributed by atoms with Crippen LogP contribution in [0.3, 0.4) is 0 Å². The lowest BCUT2D eigenvalue weighted by atomic mass is 10.2. The Morgan fingerprint density at radius 3 is 2.41 bits per heavy atom. The predicted molar refractivity (Wildman–Crippen MR) is 86.5 cm³/mol. The van der Waals surface area contributed by atoms with Crippen molar-refractivity contribution < 1.29 is 19.1 Å². The lowest BCUT2D eigenvalue weighted by Gasteiger charge is -2.10. The monoisotopic (exact) mass is 382 g/mol. The molecule has 0 spiro atoms. The summed E-state index contributed by atoms with van der Waals surface area (Å²) in [6.07, 6.45) is 0. The van der Waals surface area contributed by atoms with Crippen LogP contribution in [0, 0.1) is 0 Å². The van der Waals surface area contributed by atoms with Crippen LogP contribution in [0.2, 0.25) is 5.02 Å². The van der Waals surface area contributed by atoms with Gasteiger partial charge in [0.25, 0.3) is 0 Å². The zero-order valence-electron chi connectivity index (χ0n) is 11.6. The fourth-order valence-electron chi connectivity index (χ4n) is 1.70. The van der Waals surface area contributed by atoms with Gasteiger partial charge in [0, 0.05) is 9.50 Å². The van der Waals surface area contributed by atoms with Crippen molar-refractivity contribution in [2.75, 3.05) is 6.61 Å². The minimum atomic E-state index is -0.579. The largest absolute Gasteiger partial charge is 0.462 e. The van der Waals surface area contributed by atoms with E-state index in [0.717, 1.165) is 0 Å². The van der Waals surface area contributed by atoms with Crippen molar-refractivity contribution in [2.45, 2.75) is 6.92 Å². The highest BCUT2D eigenvalue weighted by molar-refractivity contribution is 9.10. The van der Waals surface area contributed by atoms with E-state index in [4.69, 9.17) is 21.1 Å². The number of carbonyl (C=O) groups is 2. The molecule has 2 aromatic carbocycles. The number of ether oxygens (including phenoxy) is 2. The zero-order chi connectivity index (χ0) is 16.1. The van der Waals surface area contributed by atoms with Gasteiger partial charge in [-0.25, -0.2) is 9.59 Å². The molecule has 0 heterocycles. The Balaban J connectivity index is 2.27. The third-order valence-corrected chi connectivity index (χ3v) is 3.46. The van der Waals surface area contributed by atoms with Gasteiger partial charge < -0.3 is 9.47 Å². The molecule has 0 atom stereocenters. The zero-order valence-corrected chi connectivity index (χ0v) is 14.0. The Bertz CT molecular complexity index is 698. The smallest absolute Gasteiger partial charge is 0.343 e. The van der Waals surface area contributed by atoms with E-state index in [1.807, 2.05) is 0 Å². The van der Waals surface area contributed by atoms with Gasteiger partial charge in [0.05, 0.1) is 12.2 Å². The first-order valence-electron chi connectivity index (χ1n) is 6.45. The molecule has 114 valence electrons. The molecule has 0 radical (unpaired) electrons. The van der Waals surface area contributed by atoms with E-state index in [0.29, 0.717) is 15.1 Å². The summed E-state index contributed by atoms with van der Waals surface area (Å²) in [6.45, 7) is 1.94. The molecule has 0 N–H and O–H groups in total. The summed E-state index contributed by atoms with van der Waals surface area (Å²) < 4.78 is 10.9. The van der Waals surface area contributed by atoms with Crippen molar-refractivity contribution in [3.05, 3.63) is 63.1 Å². The number of rotatable bonds is 4. The summed E-state index contributed by atoms with van der Waals surface area (Å²) in [6, 6.07) is 11.0. The van der Waals surface area contributed by atoms with Crippen LogP contribution in [-0.4, -0.2) is 18.5 Å². The van der Waals surface area contributed by atoms with E-state index < -0.39 is 11.9 Å². The van der Waals surface area contributed by atoms with Crippen LogP contribution in [0.15, 0.2) is 46.9 Å². The first-order valence-corrected chi connectivity index (χ1v) is 7.62. The van der Waals surface area contributed by atoms with Crippen LogP contribution in [-0.2, 0) is 4.74 Å². The van der Waals surface area contributed by atoms with Crippen molar-refractivity contribution in [2.24, 2.45) is 0 Å². The van der Waals surface area contributed by atoms with Gasteiger partial charge in [0.15, 0.2) is 0 Å². The van der Waals surface area contributed by atoms with E-state index >= 15 is 0 Å². The minimum Gasteiger partial charge on any atom is -0.462 e. The van der Waals surface area contributed by atoms with Crippen molar-refractivity contribution in [3.8, 4) is 5.75 Å². The topological polar surface area (TPSA) is 52.6 Å². The Hall–Kier alpha value is -1.85. The highest BCUT2D eigenvalue weighted by Crippen LogP contribution is 2.25. The van der Waals surface area contributed by atoms with E-state index in [2.05, 4.69) is 15.9 Å². The quantitative estimate of drug-likeness (QED) is 0.576. The van der Waals surface area contributed by atoms with Crippen molar-refractivity contribution in [1.29, 1.82) is 0 Å². The number of carbonyl (C=O) groups excluding carboxylic acids is 2. The molecule has 0 amide bonds. The molecule has 4 nitrogen and oxygen atoms in total. The van der Waals surface area contributed by atoms with Crippen LogP contribution in [0.4, 0.5) is 0 Å². The second-order valence-electron chi connectivity index (χ2n) is 4.26. The molecule has 0 aliphatic heterocycles. The highest BCUT2D eigenvalue weighted by Gasteiger charge is 2.18. The average molecular weight is 384 g/mol. The molecular weight excluding hydrogens is 372 g/mol. The summed E-state index contributed by atoms with van der Waals surface area (Å²) >= 11 is 9.05. The summed E-state index contributed by atoms with van der Waals surface area (Å²) in [5, 5.41) is 0.521. The van der Waals surface area contributed by atoms with Gasteiger partial charge in [-0.2, -0.15) is 0 Å². The minimum absolute atomic E-state index is 0.140. The van der Waals surface area contributed by atoms with Gasteiger partial charge in [-0.05, 0) is 49.4 Å². The van der Waals surface area contributed by atoms with Crippen LogP contribution in [0.25, 0.3) is 0 Å². The third kappa shape index (κ3) is 4.08. The fraction of sp³-hybridized carbons (Fsp3) is 0.125. The van der Waals surface area contributed by atoms with Crippen molar-refractivity contribution in [3.63, 3.8) is 0 Å². The molecule has 0 saturated heterocycles. The molecule has 0 bridgehead atoms. The predicted octanol–water partition coefficient (Wildman–Crippen LogP) is 4.50. The Morgan fingerprint density at radius 1 is 1.09 bits per heavy atom. The molecule has 0 saturated carbocycles. The molecule has 2 aromatic rings. The molecule has 2 rings (SSSR count). The van der Waals surface area contributed by atoms with Gasteiger partial charge in [-0.1, -0.05) is 27.5 Å². The SMILES string of the molecule is CCOC(=O)c1cc(Br)ccc1OC(=O)c1ccc(Cl)cc1. The Labute approximate surface area is 141 Å². The van der Waals surface area contributed by atoms with Crippen LogP contribution in [0.5, 0.6) is 5.75 Å². The molecule has 0 aliphatic rings. The van der Waals surface area contributed by atoms with E-state index in [1.165, 1.54) is 6.07 Å². The molecule has 0 aromatic heterocycles. The number of benzene rings is 2. The first kappa shape index (κ1) is 16.5. The number of esters is 2. The maximum absolute atomic E-state index is 12.1. The number of hydrogen-bond donors (Lipinski definition) is 0. The van der Waals surface area contributed by atoms with Gasteiger partial charge in [-0.3, -0.25) is 0 Å². The molecule has 22 heavy (non-hydrogen) atoms. The summed E-state index contributed by atoms with van der Waals surface area (Å²) in [5.74, 6) is -0.992. The highest BCUT2D eigenvalue weighted by atomic mass is 79.9. The molecule has 0 unspecified atom stereocenters. The number of hydrogen-bond acceptors (Lipinski definition) is 4. The van der Waals surface area contributed by atoms with Gasteiger partial charge in [-0.15, -0.1) is 0 Å². The fourth-order valence-corrected chi connectivity index (χ4v) is 2.19. The standard InChI is InChI=1S/C16H12BrClO4/c1-2-21-16(20)13-9-11(17)5-8-14(13)22-15(19)10-3-6-12(18)7-4-10/h3-9H,2H2,1H3. The van der Waals surface area contributed by atoms with Crippen molar-refractivity contribution in [1.82, 2.24) is 0 Å². The second-order valence-corrected chi connectivity index (χ2v) is 5.61. The summed E-state index contributed by atoms with van der Waals surface area (Å²) in [5.41, 5.74) is 0.515. The van der Waals surface area contributed by atoms with Gasteiger partial charge in [0.2, 0.25) is 0 Å². The maximum atomic E-state index is 12.1. The molecular formula is C16H12BrClO4. The second kappa shape index (κ2) is 7.42. The van der Waals surface area contributed by atoms with Crippen LogP contribution < -0.4 is 4.74 Å². The van der Waals surface area contributed by atoms with E-state index in [1.54, 1.807) is 43.3 Å². The molecule has 6 heteroatoms. The van der Waals surface area contributed by atoms with Crippen LogP contribution in [0.1, 0.15) is 27.6 Å². The Kier molecular flexibility index (Phi) is 5.57. The van der Waals surface area contributed by atoms with Gasteiger partial charge >= 0.3 is 11.9 Å².